The fraction of sp³-hybridized carbons (Fsp3) is 1.00. The molecule has 11 heavy (non-hydrogen) atoms. The van der Waals surface area contributed by atoms with Crippen LogP contribution in [0.2, 0.25) is 0 Å². The zero-order chi connectivity index (χ0) is 9.28. The van der Waals surface area contributed by atoms with Crippen molar-refractivity contribution < 1.29 is 27.8 Å². The Balaban J connectivity index is 4.45. The molecule has 0 rings (SSSR count). The summed E-state index contributed by atoms with van der Waals surface area (Å²) >= 11 is 0. The summed E-state index contributed by atoms with van der Waals surface area (Å²) in [6.45, 7) is 1.07. The Hall–Kier alpha value is -0.360. The smallest absolute Gasteiger partial charge is 0.386 e. The van der Waals surface area contributed by atoms with Crippen LogP contribution in [0.5, 0.6) is 0 Å². The highest BCUT2D eigenvalue weighted by molar-refractivity contribution is 4.82. The van der Waals surface area contributed by atoms with Crippen molar-refractivity contribution in [3.05, 3.63) is 0 Å². The molecule has 1 radical (unpaired) electrons. The Morgan fingerprint density at radius 1 is 1.36 bits per heavy atom. The lowest BCUT2D eigenvalue weighted by Gasteiger charge is -2.23. The van der Waals surface area contributed by atoms with Gasteiger partial charge in [0.25, 0.3) is 0 Å². The molecule has 0 aromatic carbocycles. The van der Waals surface area contributed by atoms with E-state index >= 15 is 0 Å². The van der Waals surface area contributed by atoms with Crippen LogP contribution in [0, 0.1) is 0 Å². The van der Waals surface area contributed by atoms with E-state index in [4.69, 9.17) is 5.11 Å². The molecule has 67 valence electrons. The van der Waals surface area contributed by atoms with Crippen LogP contribution in [0.25, 0.3) is 0 Å². The van der Waals surface area contributed by atoms with Crippen LogP contribution >= 0.6 is 0 Å². The topological polar surface area (TPSA) is 40.1 Å². The second-order valence-electron chi connectivity index (χ2n) is 2.06. The quantitative estimate of drug-likeness (QED) is 0.647. The van der Waals surface area contributed by atoms with Crippen molar-refractivity contribution in [2.75, 3.05) is 0 Å². The van der Waals surface area contributed by atoms with Crippen molar-refractivity contribution in [3.63, 3.8) is 0 Å². The highest BCUT2D eigenvalue weighted by Crippen LogP contribution is 2.36. The maximum Gasteiger partial charge on any atom is 0.447 e. The number of aliphatic hydroxyl groups excluding tert-OH is 1. The molecule has 2 nitrogen and oxygen atoms in total. The van der Waals surface area contributed by atoms with Gasteiger partial charge in [0.15, 0.2) is 0 Å². The maximum absolute atomic E-state index is 12.0. The van der Waals surface area contributed by atoms with E-state index in [2.05, 4.69) is 0 Å². The summed E-state index contributed by atoms with van der Waals surface area (Å²) in [6, 6.07) is 0. The fourth-order valence-corrected chi connectivity index (χ4v) is 0.450. The van der Waals surface area contributed by atoms with Crippen molar-refractivity contribution in [2.24, 2.45) is 0 Å². The van der Waals surface area contributed by atoms with Crippen molar-refractivity contribution in [1.29, 1.82) is 0 Å². The fourth-order valence-electron chi connectivity index (χ4n) is 0.450. The van der Waals surface area contributed by atoms with Gasteiger partial charge < -0.3 is 5.11 Å². The normalized spacial score (nSPS) is 16.6. The van der Waals surface area contributed by atoms with Gasteiger partial charge in [0.1, 0.15) is 6.10 Å². The Labute approximate surface area is 60.4 Å². The number of halogens is 4. The van der Waals surface area contributed by atoms with E-state index in [9.17, 15) is 22.7 Å². The second-order valence-corrected chi connectivity index (χ2v) is 2.06. The van der Waals surface area contributed by atoms with Crippen molar-refractivity contribution >= 4 is 0 Å². The summed E-state index contributed by atoms with van der Waals surface area (Å²) in [4.78, 5) is 0. The predicted molar refractivity (Wildman–Crippen MR) is 26.9 cm³/mol. The van der Waals surface area contributed by atoms with Crippen LogP contribution in [0.15, 0.2) is 0 Å². The van der Waals surface area contributed by atoms with Gasteiger partial charge in [0.2, 0.25) is 0 Å². The van der Waals surface area contributed by atoms with Gasteiger partial charge in [-0.1, -0.05) is 6.92 Å². The monoisotopic (exact) mass is 175 g/mol. The number of alkyl halides is 4. The molecule has 0 fully saturated rings. The minimum Gasteiger partial charge on any atom is -0.386 e. The zero-order valence-corrected chi connectivity index (χ0v) is 5.65. The van der Waals surface area contributed by atoms with Crippen LogP contribution in [0.3, 0.4) is 0 Å². The number of hydrogen-bond acceptors (Lipinski definition) is 1. The summed E-state index contributed by atoms with van der Waals surface area (Å²) in [5.41, 5.74) is 0. The minimum atomic E-state index is -5.41. The largest absolute Gasteiger partial charge is 0.447 e. The first-order chi connectivity index (χ1) is 4.73. The molecule has 1 unspecified atom stereocenters. The first-order valence-corrected chi connectivity index (χ1v) is 2.87. The Morgan fingerprint density at radius 3 is 1.82 bits per heavy atom. The lowest BCUT2D eigenvalue weighted by Crippen LogP contribution is -2.48. The van der Waals surface area contributed by atoms with E-state index in [-0.39, 0.29) is 0 Å². The average molecular weight is 175 g/mol. The van der Waals surface area contributed by atoms with E-state index in [0.717, 1.165) is 6.92 Å². The predicted octanol–water partition coefficient (Wildman–Crippen LogP) is 1.42. The van der Waals surface area contributed by atoms with Gasteiger partial charge >= 0.3 is 12.0 Å². The summed E-state index contributed by atoms with van der Waals surface area (Å²) in [7, 11) is 0. The molecule has 0 saturated carbocycles. The Kier molecular flexibility index (Phi) is 2.85. The molecule has 1 atom stereocenters. The molecule has 0 amide bonds. The van der Waals surface area contributed by atoms with Gasteiger partial charge in [-0.25, -0.2) is 0 Å². The van der Waals surface area contributed by atoms with E-state index in [1.807, 2.05) is 0 Å². The molecule has 0 aliphatic rings. The van der Waals surface area contributed by atoms with Crippen molar-refractivity contribution in [1.82, 2.24) is 0 Å². The third-order valence-electron chi connectivity index (χ3n) is 1.19. The van der Waals surface area contributed by atoms with E-state index in [1.54, 1.807) is 0 Å². The summed E-state index contributed by atoms with van der Waals surface area (Å²) in [5.74, 6) is -4.89. The summed E-state index contributed by atoms with van der Waals surface area (Å²) in [6.07, 6.45) is -8.59. The van der Waals surface area contributed by atoms with Crippen molar-refractivity contribution in [3.8, 4) is 0 Å². The SMILES string of the molecule is CCC(O)C(F)(F)C([O])(F)F. The Morgan fingerprint density at radius 2 is 1.73 bits per heavy atom. The van der Waals surface area contributed by atoms with E-state index < -0.39 is 24.6 Å². The van der Waals surface area contributed by atoms with Gasteiger partial charge in [-0.3, -0.25) is 0 Å². The van der Waals surface area contributed by atoms with E-state index in [1.165, 1.54) is 0 Å². The molecule has 0 saturated heterocycles. The lowest BCUT2D eigenvalue weighted by molar-refractivity contribution is -0.374. The number of rotatable bonds is 3. The van der Waals surface area contributed by atoms with Crippen LogP contribution in [-0.4, -0.2) is 23.2 Å². The highest BCUT2D eigenvalue weighted by Gasteiger charge is 2.61. The number of hydrogen-bond donors (Lipinski definition) is 1. The molecule has 0 aliphatic carbocycles. The van der Waals surface area contributed by atoms with Crippen molar-refractivity contribution in [2.45, 2.75) is 31.5 Å². The molecule has 0 aromatic heterocycles. The molecular weight excluding hydrogens is 168 g/mol. The number of aliphatic hydroxyl groups is 1. The highest BCUT2D eigenvalue weighted by atomic mass is 19.3. The molecule has 0 bridgehead atoms. The molecule has 0 spiro atoms. The van der Waals surface area contributed by atoms with Crippen LogP contribution in [-0.2, 0) is 5.11 Å². The van der Waals surface area contributed by atoms with E-state index in [0.29, 0.717) is 0 Å². The maximum atomic E-state index is 12.0. The zero-order valence-electron chi connectivity index (χ0n) is 5.65. The van der Waals surface area contributed by atoms with Gasteiger partial charge in [0.05, 0.1) is 0 Å². The molecule has 0 heterocycles. The van der Waals surface area contributed by atoms with Crippen LogP contribution in [0.1, 0.15) is 13.3 Å². The average Bonchev–Trinajstić information content (AvgIpc) is 1.83. The standard InChI is InChI=1S/C5H7F4O2/c1-2-3(10)4(6,7)5(8,9)11/h3,10H,2H2,1H3. The molecular formula is C5H7F4O2. The lowest BCUT2D eigenvalue weighted by atomic mass is 10.1. The van der Waals surface area contributed by atoms with Crippen LogP contribution in [0.4, 0.5) is 17.6 Å². The third-order valence-corrected chi connectivity index (χ3v) is 1.19. The van der Waals surface area contributed by atoms with Gasteiger partial charge in [-0.15, -0.1) is 0 Å². The summed E-state index contributed by atoms with van der Waals surface area (Å²) in [5, 5.41) is 17.8. The third kappa shape index (κ3) is 2.03. The minimum absolute atomic E-state index is 0.592. The van der Waals surface area contributed by atoms with Gasteiger partial charge in [-0.05, 0) is 6.42 Å². The molecule has 0 aliphatic heterocycles. The van der Waals surface area contributed by atoms with Gasteiger partial charge in [0, 0.05) is 0 Å². The van der Waals surface area contributed by atoms with Crippen LogP contribution < -0.4 is 0 Å². The first kappa shape index (κ1) is 10.6. The molecule has 0 aromatic rings. The molecule has 6 heteroatoms. The Bertz CT molecular complexity index is 131. The summed E-state index contributed by atoms with van der Waals surface area (Å²) < 4.78 is 47.0. The second kappa shape index (κ2) is 2.94. The molecule has 1 N–H and O–H groups in total. The van der Waals surface area contributed by atoms with Gasteiger partial charge in [-0.2, -0.15) is 22.7 Å². The first-order valence-electron chi connectivity index (χ1n) is 2.87.